The van der Waals surface area contributed by atoms with Gasteiger partial charge in [0.15, 0.2) is 0 Å². The highest BCUT2D eigenvalue weighted by Gasteiger charge is 2.63. The summed E-state index contributed by atoms with van der Waals surface area (Å²) in [5.74, 6) is -3.22. The summed E-state index contributed by atoms with van der Waals surface area (Å²) in [6.07, 6.45) is 0.995. The molecule has 2 bridgehead atoms. The largest absolute Gasteiger partial charge is 0.396 e. The van der Waals surface area contributed by atoms with Crippen molar-refractivity contribution in [2.24, 2.45) is 11.3 Å². The maximum atomic E-state index is 13.5. The predicted octanol–water partition coefficient (Wildman–Crippen LogP) is 0.614. The SMILES string of the molecule is OCC12CCC(CNC1)C2(F)F. The van der Waals surface area contributed by atoms with Crippen LogP contribution in [-0.4, -0.2) is 30.7 Å². The number of rotatable bonds is 1. The van der Waals surface area contributed by atoms with Crippen LogP contribution in [0.5, 0.6) is 0 Å². The molecule has 1 aliphatic heterocycles. The van der Waals surface area contributed by atoms with Gasteiger partial charge in [-0.2, -0.15) is 0 Å². The molecule has 2 aliphatic rings. The van der Waals surface area contributed by atoms with E-state index in [-0.39, 0.29) is 6.54 Å². The van der Waals surface area contributed by atoms with E-state index in [1.54, 1.807) is 0 Å². The third-order valence-electron chi connectivity index (χ3n) is 3.35. The van der Waals surface area contributed by atoms with Gasteiger partial charge in [0, 0.05) is 19.0 Å². The van der Waals surface area contributed by atoms with Crippen LogP contribution in [0.2, 0.25) is 0 Å². The number of alkyl halides is 2. The summed E-state index contributed by atoms with van der Waals surface area (Å²) in [5, 5.41) is 11.9. The minimum Gasteiger partial charge on any atom is -0.396 e. The molecular formula is C8H13F2NO. The molecule has 2 rings (SSSR count). The molecule has 1 saturated carbocycles. The lowest BCUT2D eigenvalue weighted by atomic mass is 9.80. The van der Waals surface area contributed by atoms with Gasteiger partial charge in [-0.3, -0.25) is 0 Å². The van der Waals surface area contributed by atoms with Crippen LogP contribution in [0.4, 0.5) is 8.78 Å². The second-order valence-corrected chi connectivity index (χ2v) is 3.93. The van der Waals surface area contributed by atoms with Crippen LogP contribution in [0, 0.1) is 11.3 Å². The first kappa shape index (κ1) is 8.38. The van der Waals surface area contributed by atoms with E-state index in [1.165, 1.54) is 0 Å². The van der Waals surface area contributed by atoms with Crippen LogP contribution in [0.1, 0.15) is 12.8 Å². The Bertz CT molecular complexity index is 193. The van der Waals surface area contributed by atoms with E-state index >= 15 is 0 Å². The number of aliphatic hydroxyl groups is 1. The average Bonchev–Trinajstić information content (AvgIpc) is 2.27. The Morgan fingerprint density at radius 1 is 1.50 bits per heavy atom. The summed E-state index contributed by atoms with van der Waals surface area (Å²) in [5.41, 5.74) is -1.16. The van der Waals surface area contributed by atoms with Crippen LogP contribution in [-0.2, 0) is 0 Å². The Balaban J connectivity index is 2.32. The van der Waals surface area contributed by atoms with Gasteiger partial charge in [-0.1, -0.05) is 0 Å². The summed E-state index contributed by atoms with van der Waals surface area (Å²) in [6, 6.07) is 0. The molecule has 0 aromatic rings. The van der Waals surface area contributed by atoms with Gasteiger partial charge < -0.3 is 10.4 Å². The van der Waals surface area contributed by atoms with E-state index in [2.05, 4.69) is 5.32 Å². The maximum Gasteiger partial charge on any atom is 0.261 e. The fraction of sp³-hybridized carbons (Fsp3) is 1.00. The number of hydrogen-bond donors (Lipinski definition) is 2. The second kappa shape index (κ2) is 2.39. The van der Waals surface area contributed by atoms with Gasteiger partial charge in [-0.05, 0) is 12.8 Å². The van der Waals surface area contributed by atoms with Crippen LogP contribution < -0.4 is 5.32 Å². The van der Waals surface area contributed by atoms with Gasteiger partial charge in [-0.15, -0.1) is 0 Å². The molecule has 2 atom stereocenters. The minimum absolute atomic E-state index is 0.257. The summed E-state index contributed by atoms with van der Waals surface area (Å²) < 4.78 is 27.0. The first-order valence-electron chi connectivity index (χ1n) is 4.32. The highest BCUT2D eigenvalue weighted by Crippen LogP contribution is 2.54. The van der Waals surface area contributed by atoms with E-state index in [4.69, 9.17) is 5.11 Å². The molecule has 0 spiro atoms. The summed E-state index contributed by atoms with van der Waals surface area (Å²) in [6.45, 7) is 0.255. The third kappa shape index (κ3) is 0.796. The zero-order chi connectivity index (χ0) is 8.82. The molecule has 4 heteroatoms. The minimum atomic E-state index is -2.66. The Hall–Kier alpha value is -0.220. The normalized spacial score (nSPS) is 44.8. The lowest BCUT2D eigenvalue weighted by Crippen LogP contribution is -2.56. The molecule has 0 radical (unpaired) electrons. The molecule has 0 aromatic heterocycles. The van der Waals surface area contributed by atoms with E-state index in [1.807, 2.05) is 0 Å². The molecule has 0 amide bonds. The topological polar surface area (TPSA) is 32.3 Å². The quantitative estimate of drug-likeness (QED) is 0.615. The molecule has 70 valence electrons. The third-order valence-corrected chi connectivity index (χ3v) is 3.35. The predicted molar refractivity (Wildman–Crippen MR) is 40.1 cm³/mol. The van der Waals surface area contributed by atoms with Gasteiger partial charge >= 0.3 is 0 Å². The molecule has 1 heterocycles. The number of halogens is 2. The van der Waals surface area contributed by atoms with E-state index in [0.717, 1.165) is 0 Å². The van der Waals surface area contributed by atoms with Gasteiger partial charge in [-0.25, -0.2) is 8.78 Å². The highest BCUT2D eigenvalue weighted by molar-refractivity contribution is 5.07. The van der Waals surface area contributed by atoms with Gasteiger partial charge in [0.1, 0.15) is 0 Å². The summed E-state index contributed by atoms with van der Waals surface area (Å²) in [4.78, 5) is 0. The Morgan fingerprint density at radius 3 is 2.83 bits per heavy atom. The van der Waals surface area contributed by atoms with Crippen LogP contribution in [0.3, 0.4) is 0 Å². The van der Waals surface area contributed by atoms with Crippen molar-refractivity contribution < 1.29 is 13.9 Å². The van der Waals surface area contributed by atoms with E-state index < -0.39 is 23.9 Å². The van der Waals surface area contributed by atoms with Crippen molar-refractivity contribution in [3.05, 3.63) is 0 Å². The number of piperidine rings is 1. The molecule has 2 fully saturated rings. The molecule has 0 aromatic carbocycles. The fourth-order valence-corrected chi connectivity index (χ4v) is 2.39. The fourth-order valence-electron chi connectivity index (χ4n) is 2.39. The molecule has 2 unspecified atom stereocenters. The van der Waals surface area contributed by atoms with Gasteiger partial charge in [0.25, 0.3) is 5.92 Å². The van der Waals surface area contributed by atoms with Crippen LogP contribution >= 0.6 is 0 Å². The van der Waals surface area contributed by atoms with E-state index in [0.29, 0.717) is 19.4 Å². The van der Waals surface area contributed by atoms with Crippen LogP contribution in [0.25, 0.3) is 0 Å². The molecule has 2 nitrogen and oxygen atoms in total. The van der Waals surface area contributed by atoms with E-state index in [9.17, 15) is 8.78 Å². The molecular weight excluding hydrogens is 164 g/mol. The first-order chi connectivity index (χ1) is 5.62. The van der Waals surface area contributed by atoms with Crippen molar-refractivity contribution in [2.45, 2.75) is 18.8 Å². The van der Waals surface area contributed by atoms with Crippen molar-refractivity contribution in [2.75, 3.05) is 19.7 Å². The summed E-state index contributed by atoms with van der Waals surface area (Å²) in [7, 11) is 0. The molecule has 1 aliphatic carbocycles. The number of aliphatic hydroxyl groups excluding tert-OH is 1. The number of nitrogens with one attached hydrogen (secondary N) is 1. The molecule has 1 saturated heterocycles. The lowest BCUT2D eigenvalue weighted by molar-refractivity contribution is -0.159. The monoisotopic (exact) mass is 177 g/mol. The zero-order valence-corrected chi connectivity index (χ0v) is 6.82. The zero-order valence-electron chi connectivity index (χ0n) is 6.82. The Morgan fingerprint density at radius 2 is 2.25 bits per heavy atom. The van der Waals surface area contributed by atoms with Crippen molar-refractivity contribution in [1.29, 1.82) is 0 Å². The van der Waals surface area contributed by atoms with Crippen molar-refractivity contribution >= 4 is 0 Å². The number of hydrogen-bond acceptors (Lipinski definition) is 2. The van der Waals surface area contributed by atoms with Crippen molar-refractivity contribution in [3.8, 4) is 0 Å². The average molecular weight is 177 g/mol. The smallest absolute Gasteiger partial charge is 0.261 e. The lowest BCUT2D eigenvalue weighted by Gasteiger charge is -2.39. The Labute approximate surface area is 70.0 Å². The second-order valence-electron chi connectivity index (χ2n) is 3.93. The maximum absolute atomic E-state index is 13.5. The molecule has 2 N–H and O–H groups in total. The van der Waals surface area contributed by atoms with Gasteiger partial charge in [0.05, 0.1) is 12.0 Å². The highest BCUT2D eigenvalue weighted by atomic mass is 19.3. The molecule has 12 heavy (non-hydrogen) atoms. The standard InChI is InChI=1S/C8H13F2NO/c9-8(10)6-1-2-7(8,5-12)4-11-3-6/h6,11-12H,1-5H2. The van der Waals surface area contributed by atoms with Crippen molar-refractivity contribution in [1.82, 2.24) is 5.32 Å². The van der Waals surface area contributed by atoms with Gasteiger partial charge in [0.2, 0.25) is 0 Å². The van der Waals surface area contributed by atoms with Crippen molar-refractivity contribution in [3.63, 3.8) is 0 Å². The number of fused-ring (bicyclic) bond motifs is 2. The summed E-state index contributed by atoms with van der Waals surface area (Å²) >= 11 is 0. The van der Waals surface area contributed by atoms with Crippen LogP contribution in [0.15, 0.2) is 0 Å². The Kier molecular flexibility index (Phi) is 1.67. The first-order valence-corrected chi connectivity index (χ1v) is 4.32.